The molecule has 0 atom stereocenters. The fourth-order valence-corrected chi connectivity index (χ4v) is 1.84. The molecule has 0 amide bonds. The zero-order valence-electron chi connectivity index (χ0n) is 10.3. The summed E-state index contributed by atoms with van der Waals surface area (Å²) in [7, 11) is 0. The summed E-state index contributed by atoms with van der Waals surface area (Å²) in [6.07, 6.45) is 2.18. The van der Waals surface area contributed by atoms with Gasteiger partial charge in [0.2, 0.25) is 0 Å². The molecule has 7 heteroatoms. The van der Waals surface area contributed by atoms with Crippen LogP contribution < -0.4 is 4.90 Å². The Morgan fingerprint density at radius 3 is 2.94 bits per heavy atom. The third-order valence-corrected chi connectivity index (χ3v) is 2.54. The number of rotatable bonds is 5. The van der Waals surface area contributed by atoms with Crippen molar-refractivity contribution in [2.24, 2.45) is 0 Å². The molecule has 0 bridgehead atoms. The van der Waals surface area contributed by atoms with Crippen molar-refractivity contribution < 1.29 is 14.4 Å². The first-order valence-electron chi connectivity index (χ1n) is 5.67. The van der Waals surface area contributed by atoms with E-state index in [4.69, 9.17) is 9.63 Å². The van der Waals surface area contributed by atoms with Crippen LogP contribution in [0.15, 0.2) is 10.9 Å². The molecule has 0 aromatic carbocycles. The van der Waals surface area contributed by atoms with E-state index in [1.54, 1.807) is 11.8 Å². The fourth-order valence-electron chi connectivity index (χ4n) is 1.84. The molecule has 2 rings (SSSR count). The van der Waals surface area contributed by atoms with Gasteiger partial charge in [0.15, 0.2) is 0 Å². The second-order valence-electron chi connectivity index (χ2n) is 3.96. The molecule has 96 valence electrons. The Morgan fingerprint density at radius 1 is 1.50 bits per heavy atom. The van der Waals surface area contributed by atoms with Crippen molar-refractivity contribution in [3.8, 4) is 0 Å². The number of hydrogen-bond acceptors (Lipinski definition) is 6. The lowest BCUT2D eigenvalue weighted by Gasteiger charge is -2.21. The van der Waals surface area contributed by atoms with Crippen molar-refractivity contribution >= 4 is 22.9 Å². The summed E-state index contributed by atoms with van der Waals surface area (Å²) in [5.41, 5.74) is 1.04. The van der Waals surface area contributed by atoms with E-state index < -0.39 is 5.97 Å². The molecule has 0 saturated carbocycles. The van der Waals surface area contributed by atoms with Crippen LogP contribution in [0.2, 0.25) is 0 Å². The molecule has 0 unspecified atom stereocenters. The molecule has 7 nitrogen and oxygen atoms in total. The van der Waals surface area contributed by atoms with Crippen LogP contribution in [0.5, 0.6) is 0 Å². The van der Waals surface area contributed by atoms with Gasteiger partial charge in [0, 0.05) is 6.54 Å². The van der Waals surface area contributed by atoms with E-state index >= 15 is 0 Å². The first kappa shape index (κ1) is 12.3. The van der Waals surface area contributed by atoms with Crippen molar-refractivity contribution in [1.82, 2.24) is 15.1 Å². The second-order valence-corrected chi connectivity index (χ2v) is 3.96. The first-order valence-corrected chi connectivity index (χ1v) is 5.67. The molecule has 2 aromatic rings. The van der Waals surface area contributed by atoms with Crippen molar-refractivity contribution in [2.45, 2.75) is 20.3 Å². The van der Waals surface area contributed by atoms with E-state index in [0.29, 0.717) is 29.2 Å². The Labute approximate surface area is 103 Å². The van der Waals surface area contributed by atoms with Gasteiger partial charge in [0.1, 0.15) is 24.1 Å². The predicted molar refractivity (Wildman–Crippen MR) is 64.5 cm³/mol. The van der Waals surface area contributed by atoms with Gasteiger partial charge in [-0.15, -0.1) is 0 Å². The maximum absolute atomic E-state index is 10.9. The molecule has 0 spiro atoms. The number of aliphatic carboxylic acids is 1. The van der Waals surface area contributed by atoms with Crippen LogP contribution >= 0.6 is 0 Å². The van der Waals surface area contributed by atoms with E-state index in [9.17, 15) is 4.79 Å². The van der Waals surface area contributed by atoms with Gasteiger partial charge in [-0.1, -0.05) is 12.1 Å². The van der Waals surface area contributed by atoms with E-state index in [2.05, 4.69) is 15.1 Å². The molecular formula is C11H14N4O3. The van der Waals surface area contributed by atoms with Gasteiger partial charge in [-0.25, -0.2) is 4.98 Å². The van der Waals surface area contributed by atoms with E-state index in [-0.39, 0.29) is 6.54 Å². The summed E-state index contributed by atoms with van der Waals surface area (Å²) in [6.45, 7) is 4.25. The van der Waals surface area contributed by atoms with Gasteiger partial charge in [-0.2, -0.15) is 4.98 Å². The van der Waals surface area contributed by atoms with Crippen LogP contribution in [0, 0.1) is 6.92 Å². The summed E-state index contributed by atoms with van der Waals surface area (Å²) in [5, 5.41) is 13.4. The maximum Gasteiger partial charge on any atom is 0.323 e. The highest BCUT2D eigenvalue weighted by atomic mass is 16.5. The van der Waals surface area contributed by atoms with Gasteiger partial charge in [-0.3, -0.25) is 4.79 Å². The Kier molecular flexibility index (Phi) is 3.40. The average molecular weight is 250 g/mol. The van der Waals surface area contributed by atoms with Crippen LogP contribution in [0.4, 0.5) is 5.82 Å². The number of anilines is 1. The van der Waals surface area contributed by atoms with Gasteiger partial charge >= 0.3 is 5.97 Å². The van der Waals surface area contributed by atoms with Crippen molar-refractivity contribution in [3.05, 3.63) is 12.0 Å². The normalized spacial score (nSPS) is 10.8. The zero-order valence-corrected chi connectivity index (χ0v) is 10.3. The molecule has 0 aliphatic heterocycles. The van der Waals surface area contributed by atoms with Crippen molar-refractivity contribution in [2.75, 3.05) is 18.0 Å². The van der Waals surface area contributed by atoms with Crippen LogP contribution in [-0.2, 0) is 4.79 Å². The molecule has 0 aliphatic rings. The molecule has 2 aromatic heterocycles. The molecular weight excluding hydrogens is 236 g/mol. The van der Waals surface area contributed by atoms with Crippen molar-refractivity contribution in [3.63, 3.8) is 0 Å². The summed E-state index contributed by atoms with van der Waals surface area (Å²) >= 11 is 0. The SMILES string of the molecule is CCCN(CC(=O)O)c1ncnc2onc(C)c12. The first-order chi connectivity index (χ1) is 8.63. The number of carbonyl (C=O) groups is 1. The Balaban J connectivity index is 2.48. The molecule has 0 saturated heterocycles. The standard InChI is InChI=1S/C11H14N4O3/c1-3-4-15(5-8(16)17)10-9-7(2)14-18-11(9)13-6-12-10/h6H,3-5H2,1-2H3,(H,16,17). The summed E-state index contributed by atoms with van der Waals surface area (Å²) < 4.78 is 5.05. The Bertz CT molecular complexity index is 566. The van der Waals surface area contributed by atoms with Gasteiger partial charge in [0.25, 0.3) is 5.71 Å². The number of aromatic nitrogens is 3. The minimum Gasteiger partial charge on any atom is -0.480 e. The highest BCUT2D eigenvalue weighted by Gasteiger charge is 2.18. The van der Waals surface area contributed by atoms with Crippen LogP contribution in [0.25, 0.3) is 11.1 Å². The molecule has 0 fully saturated rings. The van der Waals surface area contributed by atoms with Crippen LogP contribution in [0.3, 0.4) is 0 Å². The third-order valence-electron chi connectivity index (χ3n) is 2.54. The lowest BCUT2D eigenvalue weighted by molar-refractivity contribution is -0.135. The van der Waals surface area contributed by atoms with Gasteiger partial charge in [-0.05, 0) is 13.3 Å². The van der Waals surface area contributed by atoms with E-state index in [1.807, 2.05) is 6.92 Å². The van der Waals surface area contributed by atoms with Crippen LogP contribution in [-0.4, -0.2) is 39.3 Å². The second kappa shape index (κ2) is 4.99. The van der Waals surface area contributed by atoms with E-state index in [1.165, 1.54) is 6.33 Å². The minimum atomic E-state index is -0.899. The maximum atomic E-state index is 10.9. The minimum absolute atomic E-state index is 0.107. The molecule has 1 N–H and O–H groups in total. The molecule has 0 aliphatic carbocycles. The number of nitrogens with zero attached hydrogens (tertiary/aromatic N) is 4. The smallest absolute Gasteiger partial charge is 0.323 e. The number of hydrogen-bond donors (Lipinski definition) is 1. The lowest BCUT2D eigenvalue weighted by atomic mass is 10.2. The summed E-state index contributed by atoms with van der Waals surface area (Å²) in [6, 6.07) is 0. The average Bonchev–Trinajstić information content (AvgIpc) is 2.70. The Hall–Kier alpha value is -2.18. The highest BCUT2D eigenvalue weighted by Crippen LogP contribution is 2.25. The summed E-state index contributed by atoms with van der Waals surface area (Å²) in [5.74, 6) is -0.340. The van der Waals surface area contributed by atoms with E-state index in [0.717, 1.165) is 6.42 Å². The molecule has 0 radical (unpaired) electrons. The number of aryl methyl sites for hydroxylation is 1. The van der Waals surface area contributed by atoms with Gasteiger partial charge < -0.3 is 14.5 Å². The number of fused-ring (bicyclic) bond motifs is 1. The highest BCUT2D eigenvalue weighted by molar-refractivity contribution is 5.89. The largest absolute Gasteiger partial charge is 0.480 e. The quantitative estimate of drug-likeness (QED) is 0.852. The Morgan fingerprint density at radius 2 is 2.28 bits per heavy atom. The number of carboxylic acid groups (broad SMARTS) is 1. The zero-order chi connectivity index (χ0) is 13.1. The molecule has 18 heavy (non-hydrogen) atoms. The molecule has 2 heterocycles. The summed E-state index contributed by atoms with van der Waals surface area (Å²) in [4.78, 5) is 20.7. The van der Waals surface area contributed by atoms with Crippen molar-refractivity contribution in [1.29, 1.82) is 0 Å². The fraction of sp³-hybridized carbons (Fsp3) is 0.455. The third kappa shape index (κ3) is 2.24. The number of carboxylic acids is 1. The van der Waals surface area contributed by atoms with Crippen LogP contribution in [0.1, 0.15) is 19.0 Å². The predicted octanol–water partition coefficient (Wildman–Crippen LogP) is 1.23. The lowest BCUT2D eigenvalue weighted by Crippen LogP contribution is -2.31. The monoisotopic (exact) mass is 250 g/mol. The van der Waals surface area contributed by atoms with Gasteiger partial charge in [0.05, 0.1) is 5.69 Å². The topological polar surface area (TPSA) is 92.4 Å².